The molecule has 0 radical (unpaired) electrons. The summed E-state index contributed by atoms with van der Waals surface area (Å²) in [7, 11) is -3.77. The molecule has 4 N–H and O–H groups in total. The maximum absolute atomic E-state index is 11.6. The molecule has 1 saturated carbocycles. The van der Waals surface area contributed by atoms with E-state index in [0.29, 0.717) is 17.3 Å². The van der Waals surface area contributed by atoms with Crippen LogP contribution in [0.3, 0.4) is 0 Å². The maximum atomic E-state index is 11.6. The first-order valence-electron chi connectivity index (χ1n) is 6.03. The Hall–Kier alpha value is -1.44. The van der Waals surface area contributed by atoms with Gasteiger partial charge in [0.25, 0.3) is 0 Å². The molecule has 1 aliphatic rings. The summed E-state index contributed by atoms with van der Waals surface area (Å²) in [5, 5.41) is 10.8. The van der Waals surface area contributed by atoms with Crippen molar-refractivity contribution in [2.75, 3.05) is 11.9 Å². The predicted octanol–water partition coefficient (Wildman–Crippen LogP) is 0.333. The van der Waals surface area contributed by atoms with Crippen LogP contribution in [0.25, 0.3) is 0 Å². The molecule has 104 valence electrons. The van der Waals surface area contributed by atoms with E-state index in [2.05, 4.69) is 10.6 Å². The Bertz CT molecular complexity index is 594. The lowest BCUT2D eigenvalue weighted by Gasteiger charge is -2.09. The number of hydrogen-bond acceptors (Lipinski definition) is 4. The molecule has 1 aromatic carbocycles. The van der Waals surface area contributed by atoms with E-state index in [4.69, 9.17) is 5.14 Å². The van der Waals surface area contributed by atoms with E-state index in [1.807, 2.05) is 0 Å². The quantitative estimate of drug-likeness (QED) is 0.725. The number of carbonyl (C=O) groups is 1. The second-order valence-electron chi connectivity index (χ2n) is 4.73. The Morgan fingerprint density at radius 1 is 1.42 bits per heavy atom. The molecule has 0 bridgehead atoms. The van der Waals surface area contributed by atoms with Gasteiger partial charge >= 0.3 is 0 Å². The first-order valence-corrected chi connectivity index (χ1v) is 7.57. The summed E-state index contributed by atoms with van der Waals surface area (Å²) >= 11 is 0. The predicted molar refractivity (Wildman–Crippen MR) is 72.2 cm³/mol. The number of carbonyl (C=O) groups excluding carboxylic acids is 1. The first kappa shape index (κ1) is 14.0. The van der Waals surface area contributed by atoms with Crippen LogP contribution in [0, 0.1) is 6.92 Å². The van der Waals surface area contributed by atoms with Gasteiger partial charge in [0, 0.05) is 11.7 Å². The Kier molecular flexibility index (Phi) is 3.88. The number of sulfonamides is 1. The smallest absolute Gasteiger partial charge is 0.238 e. The highest BCUT2D eigenvalue weighted by Crippen LogP contribution is 2.20. The van der Waals surface area contributed by atoms with Gasteiger partial charge in [0.05, 0.1) is 11.4 Å². The summed E-state index contributed by atoms with van der Waals surface area (Å²) in [6.45, 7) is 1.88. The summed E-state index contributed by atoms with van der Waals surface area (Å²) in [6, 6.07) is 5.09. The lowest BCUT2D eigenvalue weighted by atomic mass is 10.2. The molecule has 2 rings (SSSR count). The SMILES string of the molecule is Cc1ccc(NC(=O)CNC2CC2)cc1S(N)(=O)=O. The van der Waals surface area contributed by atoms with Gasteiger partial charge in [0.15, 0.2) is 0 Å². The van der Waals surface area contributed by atoms with Crippen molar-refractivity contribution >= 4 is 21.6 Å². The summed E-state index contributed by atoms with van der Waals surface area (Å²) in [5.41, 5.74) is 0.980. The summed E-state index contributed by atoms with van der Waals surface area (Å²) in [5.74, 6) is -0.198. The molecule has 0 aliphatic heterocycles. The van der Waals surface area contributed by atoms with Gasteiger partial charge in [-0.15, -0.1) is 0 Å². The average Bonchev–Trinajstić information content (AvgIpc) is 3.11. The topological polar surface area (TPSA) is 101 Å². The molecule has 0 unspecified atom stereocenters. The zero-order valence-corrected chi connectivity index (χ0v) is 11.5. The molecule has 0 atom stereocenters. The standard InChI is InChI=1S/C12H17N3O3S/c1-8-2-3-10(6-11(8)19(13,17)18)15-12(16)7-14-9-4-5-9/h2-3,6,9,14H,4-5,7H2,1H3,(H,15,16)(H2,13,17,18). The number of nitrogens with two attached hydrogens (primary N) is 1. The lowest BCUT2D eigenvalue weighted by Crippen LogP contribution is -2.29. The lowest BCUT2D eigenvalue weighted by molar-refractivity contribution is -0.115. The monoisotopic (exact) mass is 283 g/mol. The molecule has 1 fully saturated rings. The van der Waals surface area contributed by atoms with Crippen molar-refractivity contribution in [2.24, 2.45) is 5.14 Å². The third kappa shape index (κ3) is 4.02. The molecule has 0 heterocycles. The number of anilines is 1. The third-order valence-corrected chi connectivity index (χ3v) is 3.96. The number of nitrogens with one attached hydrogen (secondary N) is 2. The van der Waals surface area contributed by atoms with Crippen molar-refractivity contribution < 1.29 is 13.2 Å². The highest BCUT2D eigenvalue weighted by molar-refractivity contribution is 7.89. The molecule has 19 heavy (non-hydrogen) atoms. The Morgan fingerprint density at radius 2 is 2.11 bits per heavy atom. The van der Waals surface area contributed by atoms with Crippen LogP contribution in [0.2, 0.25) is 0 Å². The van der Waals surface area contributed by atoms with E-state index in [9.17, 15) is 13.2 Å². The van der Waals surface area contributed by atoms with E-state index < -0.39 is 10.0 Å². The zero-order valence-electron chi connectivity index (χ0n) is 10.6. The van der Waals surface area contributed by atoms with Crippen LogP contribution in [0.4, 0.5) is 5.69 Å². The van der Waals surface area contributed by atoms with Gasteiger partial charge in [0.1, 0.15) is 0 Å². The highest BCUT2D eigenvalue weighted by Gasteiger charge is 2.21. The molecule has 1 amide bonds. The van der Waals surface area contributed by atoms with E-state index in [1.165, 1.54) is 6.07 Å². The summed E-state index contributed by atoms with van der Waals surface area (Å²) in [4.78, 5) is 11.7. The number of amides is 1. The minimum atomic E-state index is -3.77. The van der Waals surface area contributed by atoms with Crippen LogP contribution < -0.4 is 15.8 Å². The highest BCUT2D eigenvalue weighted by atomic mass is 32.2. The number of aryl methyl sites for hydroxylation is 1. The molecule has 1 aromatic rings. The van der Waals surface area contributed by atoms with Gasteiger partial charge in [-0.1, -0.05) is 6.07 Å². The van der Waals surface area contributed by atoms with Gasteiger partial charge < -0.3 is 10.6 Å². The number of hydrogen-bond donors (Lipinski definition) is 3. The van der Waals surface area contributed by atoms with Crippen molar-refractivity contribution in [3.8, 4) is 0 Å². The van der Waals surface area contributed by atoms with Gasteiger partial charge in [-0.25, -0.2) is 13.6 Å². The Labute approximate surface area is 112 Å². The third-order valence-electron chi connectivity index (χ3n) is 2.91. The second kappa shape index (κ2) is 5.28. The normalized spacial score (nSPS) is 15.3. The van der Waals surface area contributed by atoms with Crippen LogP contribution >= 0.6 is 0 Å². The first-order chi connectivity index (χ1) is 8.86. The molecule has 1 aliphatic carbocycles. The largest absolute Gasteiger partial charge is 0.325 e. The minimum absolute atomic E-state index is 0.0282. The van der Waals surface area contributed by atoms with Gasteiger partial charge in [-0.2, -0.15) is 0 Å². The van der Waals surface area contributed by atoms with Crippen molar-refractivity contribution in [1.82, 2.24) is 5.32 Å². The zero-order chi connectivity index (χ0) is 14.0. The summed E-state index contributed by atoms with van der Waals surface area (Å²) in [6.07, 6.45) is 2.21. The number of primary sulfonamides is 1. The molecule has 0 aromatic heterocycles. The van der Waals surface area contributed by atoms with E-state index in [1.54, 1.807) is 19.1 Å². The van der Waals surface area contributed by atoms with Crippen LogP contribution in [0.5, 0.6) is 0 Å². The van der Waals surface area contributed by atoms with E-state index in [-0.39, 0.29) is 17.3 Å². The second-order valence-corrected chi connectivity index (χ2v) is 6.26. The van der Waals surface area contributed by atoms with Crippen molar-refractivity contribution in [3.63, 3.8) is 0 Å². The van der Waals surface area contributed by atoms with Crippen molar-refractivity contribution in [2.45, 2.75) is 30.7 Å². The van der Waals surface area contributed by atoms with Crippen molar-refractivity contribution in [1.29, 1.82) is 0 Å². The van der Waals surface area contributed by atoms with Gasteiger partial charge in [0.2, 0.25) is 15.9 Å². The van der Waals surface area contributed by atoms with E-state index in [0.717, 1.165) is 12.8 Å². The van der Waals surface area contributed by atoms with Crippen LogP contribution in [0.1, 0.15) is 18.4 Å². The number of benzene rings is 1. The Balaban J connectivity index is 2.05. The molecule has 0 spiro atoms. The molecule has 6 nitrogen and oxygen atoms in total. The fourth-order valence-electron chi connectivity index (χ4n) is 1.71. The molecule has 7 heteroatoms. The minimum Gasteiger partial charge on any atom is -0.325 e. The number of rotatable bonds is 5. The van der Waals surface area contributed by atoms with Crippen molar-refractivity contribution in [3.05, 3.63) is 23.8 Å². The van der Waals surface area contributed by atoms with Crippen LogP contribution in [-0.2, 0) is 14.8 Å². The van der Waals surface area contributed by atoms with Gasteiger partial charge in [-0.3, -0.25) is 4.79 Å². The molecular formula is C12H17N3O3S. The van der Waals surface area contributed by atoms with Crippen LogP contribution in [-0.4, -0.2) is 26.9 Å². The van der Waals surface area contributed by atoms with E-state index >= 15 is 0 Å². The molecular weight excluding hydrogens is 266 g/mol. The fourth-order valence-corrected chi connectivity index (χ4v) is 2.52. The average molecular weight is 283 g/mol. The summed E-state index contributed by atoms with van der Waals surface area (Å²) < 4.78 is 22.7. The van der Waals surface area contributed by atoms with Crippen LogP contribution in [0.15, 0.2) is 23.1 Å². The Morgan fingerprint density at radius 3 is 2.68 bits per heavy atom. The fraction of sp³-hybridized carbons (Fsp3) is 0.417. The van der Waals surface area contributed by atoms with Gasteiger partial charge in [-0.05, 0) is 37.5 Å². The maximum Gasteiger partial charge on any atom is 0.238 e. The molecule has 0 saturated heterocycles.